The lowest BCUT2D eigenvalue weighted by Crippen LogP contribution is -2.30. The number of hydrogen-bond donors (Lipinski definition) is 2. The fraction of sp³-hybridized carbons (Fsp3) is 0.500. The van der Waals surface area contributed by atoms with Crippen molar-refractivity contribution in [3.63, 3.8) is 0 Å². The first-order valence-electron chi connectivity index (χ1n) is 5.99. The van der Waals surface area contributed by atoms with Crippen molar-refractivity contribution in [2.45, 2.75) is 17.9 Å². The molecule has 2 rings (SSSR count). The number of halogens is 1. The number of nitrogens with one attached hydrogen (secondary N) is 1. The summed E-state index contributed by atoms with van der Waals surface area (Å²) < 4.78 is 45.1. The van der Waals surface area contributed by atoms with Crippen molar-refractivity contribution >= 4 is 10.0 Å². The molecule has 1 aliphatic heterocycles. The van der Waals surface area contributed by atoms with Crippen LogP contribution in [-0.4, -0.2) is 33.3 Å². The van der Waals surface area contributed by atoms with Crippen LogP contribution in [0.4, 0.5) is 4.39 Å². The number of aliphatic hydroxyl groups excluding tert-OH is 1. The predicted octanol–water partition coefficient (Wildman–Crippen LogP) is 0.633. The van der Waals surface area contributed by atoms with Gasteiger partial charge in [-0.3, -0.25) is 0 Å². The quantitative estimate of drug-likeness (QED) is 0.834. The third-order valence-electron chi connectivity index (χ3n) is 3.05. The van der Waals surface area contributed by atoms with Crippen molar-refractivity contribution < 1.29 is 22.7 Å². The average Bonchev–Trinajstić information content (AvgIpc) is 2.90. The summed E-state index contributed by atoms with van der Waals surface area (Å²) in [5, 5.41) is 8.97. The molecular weight excluding hydrogens is 273 g/mol. The van der Waals surface area contributed by atoms with Gasteiger partial charge in [0.05, 0.1) is 13.2 Å². The fourth-order valence-corrected chi connectivity index (χ4v) is 3.14. The molecule has 0 aromatic heterocycles. The van der Waals surface area contributed by atoms with E-state index < -0.39 is 20.7 Å². The first-order valence-corrected chi connectivity index (χ1v) is 7.48. The number of benzene rings is 1. The lowest BCUT2D eigenvalue weighted by Gasteiger charge is -2.11. The SMILES string of the molecule is O=S(=O)(NCC1CCOC1)c1cc(CO)ccc1F. The van der Waals surface area contributed by atoms with Crippen LogP contribution in [-0.2, 0) is 21.4 Å². The highest BCUT2D eigenvalue weighted by atomic mass is 32.2. The van der Waals surface area contributed by atoms with E-state index in [4.69, 9.17) is 9.84 Å². The molecule has 0 radical (unpaired) electrons. The topological polar surface area (TPSA) is 75.6 Å². The van der Waals surface area contributed by atoms with E-state index in [1.807, 2.05) is 0 Å². The molecule has 0 saturated carbocycles. The van der Waals surface area contributed by atoms with Gasteiger partial charge < -0.3 is 9.84 Å². The Morgan fingerprint density at radius 2 is 2.26 bits per heavy atom. The summed E-state index contributed by atoms with van der Waals surface area (Å²) in [7, 11) is -3.90. The van der Waals surface area contributed by atoms with Crippen LogP contribution < -0.4 is 4.72 Å². The lowest BCUT2D eigenvalue weighted by atomic mass is 10.1. The van der Waals surface area contributed by atoms with E-state index in [0.717, 1.165) is 18.6 Å². The van der Waals surface area contributed by atoms with Gasteiger partial charge in [-0.1, -0.05) is 6.07 Å². The van der Waals surface area contributed by atoms with Crippen molar-refractivity contribution in [3.05, 3.63) is 29.6 Å². The van der Waals surface area contributed by atoms with Gasteiger partial charge in [0.1, 0.15) is 10.7 Å². The molecule has 1 atom stereocenters. The van der Waals surface area contributed by atoms with Crippen molar-refractivity contribution in [1.82, 2.24) is 4.72 Å². The van der Waals surface area contributed by atoms with Gasteiger partial charge in [0.15, 0.2) is 0 Å². The van der Waals surface area contributed by atoms with E-state index in [1.165, 1.54) is 6.07 Å². The van der Waals surface area contributed by atoms with Gasteiger partial charge in [-0.15, -0.1) is 0 Å². The maximum absolute atomic E-state index is 13.6. The largest absolute Gasteiger partial charge is 0.392 e. The number of ether oxygens (including phenoxy) is 1. The molecule has 1 aliphatic rings. The third kappa shape index (κ3) is 3.50. The van der Waals surface area contributed by atoms with Gasteiger partial charge in [0.25, 0.3) is 0 Å². The Morgan fingerprint density at radius 1 is 1.47 bits per heavy atom. The molecule has 106 valence electrons. The van der Waals surface area contributed by atoms with E-state index in [0.29, 0.717) is 18.8 Å². The lowest BCUT2D eigenvalue weighted by molar-refractivity contribution is 0.186. The Bertz CT molecular complexity index is 541. The number of rotatable bonds is 5. The van der Waals surface area contributed by atoms with Crippen LogP contribution in [0.2, 0.25) is 0 Å². The van der Waals surface area contributed by atoms with Crippen molar-refractivity contribution in [2.75, 3.05) is 19.8 Å². The molecule has 1 aromatic rings. The van der Waals surface area contributed by atoms with E-state index in [1.54, 1.807) is 0 Å². The molecule has 0 aliphatic carbocycles. The Hall–Kier alpha value is -1.02. The van der Waals surface area contributed by atoms with E-state index in [2.05, 4.69) is 4.72 Å². The van der Waals surface area contributed by atoms with Crippen LogP contribution in [0.5, 0.6) is 0 Å². The van der Waals surface area contributed by atoms with Crippen LogP contribution in [0, 0.1) is 11.7 Å². The molecule has 1 heterocycles. The zero-order valence-electron chi connectivity index (χ0n) is 10.3. The van der Waals surface area contributed by atoms with Crippen LogP contribution in [0.3, 0.4) is 0 Å². The minimum absolute atomic E-state index is 0.124. The second-order valence-electron chi connectivity index (χ2n) is 4.50. The monoisotopic (exact) mass is 289 g/mol. The van der Waals surface area contributed by atoms with Gasteiger partial charge in [0, 0.05) is 13.2 Å². The molecule has 0 bridgehead atoms. The standard InChI is InChI=1S/C12H16FNO4S/c13-11-2-1-9(7-15)5-12(11)19(16,17)14-6-10-3-4-18-8-10/h1-2,5,10,14-15H,3-4,6-8H2. The number of hydrogen-bond acceptors (Lipinski definition) is 4. The van der Waals surface area contributed by atoms with Crippen molar-refractivity contribution in [2.24, 2.45) is 5.92 Å². The molecule has 1 unspecified atom stereocenters. The Kier molecular flexibility index (Phi) is 4.51. The predicted molar refractivity (Wildman–Crippen MR) is 66.4 cm³/mol. The van der Waals surface area contributed by atoms with Gasteiger partial charge in [-0.05, 0) is 30.0 Å². The molecule has 0 spiro atoms. The maximum Gasteiger partial charge on any atom is 0.243 e. The normalized spacial score (nSPS) is 19.8. The second-order valence-corrected chi connectivity index (χ2v) is 6.24. The minimum Gasteiger partial charge on any atom is -0.392 e. The Balaban J connectivity index is 2.13. The highest BCUT2D eigenvalue weighted by Gasteiger charge is 2.22. The fourth-order valence-electron chi connectivity index (χ4n) is 1.90. The summed E-state index contributed by atoms with van der Waals surface area (Å²) in [4.78, 5) is -0.432. The Morgan fingerprint density at radius 3 is 2.89 bits per heavy atom. The number of sulfonamides is 1. The highest BCUT2D eigenvalue weighted by Crippen LogP contribution is 2.18. The van der Waals surface area contributed by atoms with Crippen molar-refractivity contribution in [3.8, 4) is 0 Å². The summed E-state index contributed by atoms with van der Waals surface area (Å²) in [5.41, 5.74) is 0.353. The zero-order valence-corrected chi connectivity index (χ0v) is 11.1. The molecule has 19 heavy (non-hydrogen) atoms. The second kappa shape index (κ2) is 5.96. The molecule has 5 nitrogen and oxygen atoms in total. The smallest absolute Gasteiger partial charge is 0.243 e. The molecule has 1 aromatic carbocycles. The molecule has 2 N–H and O–H groups in total. The van der Waals surface area contributed by atoms with Crippen LogP contribution >= 0.6 is 0 Å². The number of aliphatic hydroxyl groups is 1. The summed E-state index contributed by atoms with van der Waals surface area (Å²) in [6.07, 6.45) is 0.793. The molecular formula is C12H16FNO4S. The summed E-state index contributed by atoms with van der Waals surface area (Å²) >= 11 is 0. The molecule has 7 heteroatoms. The Labute approximate surface area is 111 Å². The van der Waals surface area contributed by atoms with Crippen LogP contribution in [0.15, 0.2) is 23.1 Å². The molecule has 0 amide bonds. The first-order chi connectivity index (χ1) is 9.03. The van der Waals surface area contributed by atoms with Gasteiger partial charge >= 0.3 is 0 Å². The van der Waals surface area contributed by atoms with Gasteiger partial charge in [-0.25, -0.2) is 17.5 Å². The maximum atomic E-state index is 13.6. The summed E-state index contributed by atoms with van der Waals surface area (Å²) in [6, 6.07) is 3.53. The summed E-state index contributed by atoms with van der Waals surface area (Å²) in [6.45, 7) is 1.03. The van der Waals surface area contributed by atoms with Crippen LogP contribution in [0.1, 0.15) is 12.0 Å². The summed E-state index contributed by atoms with van der Waals surface area (Å²) in [5.74, 6) is -0.703. The average molecular weight is 289 g/mol. The van der Waals surface area contributed by atoms with E-state index in [-0.39, 0.29) is 19.1 Å². The van der Waals surface area contributed by atoms with E-state index in [9.17, 15) is 12.8 Å². The van der Waals surface area contributed by atoms with Gasteiger partial charge in [-0.2, -0.15) is 0 Å². The van der Waals surface area contributed by atoms with E-state index >= 15 is 0 Å². The highest BCUT2D eigenvalue weighted by molar-refractivity contribution is 7.89. The zero-order chi connectivity index (χ0) is 13.9. The van der Waals surface area contributed by atoms with Crippen LogP contribution in [0.25, 0.3) is 0 Å². The van der Waals surface area contributed by atoms with Gasteiger partial charge in [0.2, 0.25) is 10.0 Å². The minimum atomic E-state index is -3.90. The molecule has 1 saturated heterocycles. The van der Waals surface area contributed by atoms with Crippen molar-refractivity contribution in [1.29, 1.82) is 0 Å². The first kappa shape index (κ1) is 14.4. The third-order valence-corrected chi connectivity index (χ3v) is 4.49. The molecule has 1 fully saturated rings.